The van der Waals surface area contributed by atoms with Crippen LogP contribution < -0.4 is 9.88 Å². The highest BCUT2D eigenvalue weighted by Gasteiger charge is 2.25. The molecule has 4 aromatic rings. The highest BCUT2D eigenvalue weighted by atomic mass is 16.2. The zero-order valence-corrected chi connectivity index (χ0v) is 25.0. The van der Waals surface area contributed by atoms with E-state index in [0.717, 1.165) is 42.6 Å². The van der Waals surface area contributed by atoms with E-state index in [9.17, 15) is 4.79 Å². The largest absolute Gasteiger partial charge is 0.373 e. The van der Waals surface area contributed by atoms with Gasteiger partial charge in [-0.3, -0.25) is 4.79 Å². The number of nitrogens with zero attached hydrogens (tertiary/aromatic N) is 4. The van der Waals surface area contributed by atoms with Gasteiger partial charge in [0.2, 0.25) is 0 Å². The lowest BCUT2D eigenvalue weighted by molar-refractivity contribution is -0.647. The Morgan fingerprint density at radius 3 is 2.52 bits per heavy atom. The monoisotopic (exact) mass is 536 g/mol. The first kappa shape index (κ1) is 27.6. The van der Waals surface area contributed by atoms with Crippen LogP contribution >= 0.6 is 0 Å². The number of hydrogen-bond donors (Lipinski definition) is 1. The Hall–Kier alpha value is -3.93. The van der Waals surface area contributed by atoms with E-state index in [2.05, 4.69) is 96.1 Å². The fourth-order valence-corrected chi connectivity index (χ4v) is 6.53. The lowest BCUT2D eigenvalue weighted by Crippen LogP contribution is -2.30. The molecule has 0 saturated carbocycles. The second kappa shape index (κ2) is 11.3. The quantitative estimate of drug-likeness (QED) is 0.239. The van der Waals surface area contributed by atoms with E-state index in [1.807, 2.05) is 33.4 Å². The molecule has 2 atom stereocenters. The molecule has 3 aromatic heterocycles. The number of anilines is 1. The topological polar surface area (TPSA) is 54.0 Å². The summed E-state index contributed by atoms with van der Waals surface area (Å²) >= 11 is 0. The Labute approximate surface area is 238 Å². The summed E-state index contributed by atoms with van der Waals surface area (Å²) in [5.41, 5.74) is 9.57. The van der Waals surface area contributed by atoms with E-state index in [0.29, 0.717) is 11.8 Å². The maximum Gasteiger partial charge on any atom is 0.289 e. The fourth-order valence-electron chi connectivity index (χ4n) is 6.53. The number of carbonyl (C=O) groups excluding carboxylic acids is 1. The minimum Gasteiger partial charge on any atom is -0.373 e. The van der Waals surface area contributed by atoms with Crippen LogP contribution in [0, 0.1) is 19.8 Å². The number of aromatic nitrogens is 3. The van der Waals surface area contributed by atoms with Crippen molar-refractivity contribution in [1.29, 1.82) is 0 Å². The summed E-state index contributed by atoms with van der Waals surface area (Å²) in [5, 5.41) is 4.36. The SMILES string of the molecule is CNc1ccc(-c2cc[n+](C)c3c2cc(CC2C=CCC(c4c(C)cc(C(=O)N(C)C)cc4C)CC2)n3C)cn1. The normalized spacial score (nSPS) is 17.2. The molecule has 0 fully saturated rings. The van der Waals surface area contributed by atoms with Crippen LogP contribution in [-0.4, -0.2) is 41.5 Å². The van der Waals surface area contributed by atoms with E-state index < -0.39 is 0 Å². The predicted octanol–water partition coefficient (Wildman–Crippen LogP) is 6.11. The van der Waals surface area contributed by atoms with Crippen molar-refractivity contribution in [2.24, 2.45) is 20.0 Å². The van der Waals surface area contributed by atoms with Crippen molar-refractivity contribution in [1.82, 2.24) is 14.5 Å². The maximum absolute atomic E-state index is 12.6. The third kappa shape index (κ3) is 5.27. The van der Waals surface area contributed by atoms with Gasteiger partial charge in [0.15, 0.2) is 0 Å². The van der Waals surface area contributed by atoms with Crippen LogP contribution in [0.2, 0.25) is 0 Å². The molecule has 40 heavy (non-hydrogen) atoms. The van der Waals surface area contributed by atoms with Crippen LogP contribution in [-0.2, 0) is 20.5 Å². The fraction of sp³-hybridized carbons (Fsp3) is 0.382. The van der Waals surface area contributed by atoms with Crippen LogP contribution in [0.1, 0.15) is 57.9 Å². The Morgan fingerprint density at radius 1 is 1.12 bits per heavy atom. The van der Waals surface area contributed by atoms with Crippen LogP contribution in [0.25, 0.3) is 22.2 Å². The first-order valence-electron chi connectivity index (χ1n) is 14.3. The Kier molecular flexibility index (Phi) is 7.79. The van der Waals surface area contributed by atoms with Gasteiger partial charge in [0.1, 0.15) is 11.5 Å². The van der Waals surface area contributed by atoms with E-state index in [-0.39, 0.29) is 5.91 Å². The van der Waals surface area contributed by atoms with Crippen molar-refractivity contribution in [3.05, 3.63) is 88.9 Å². The molecule has 0 radical (unpaired) electrons. The van der Waals surface area contributed by atoms with Crippen molar-refractivity contribution in [2.75, 3.05) is 26.5 Å². The average molecular weight is 537 g/mol. The molecule has 2 unspecified atom stereocenters. The Balaban J connectivity index is 1.37. The van der Waals surface area contributed by atoms with Crippen LogP contribution in [0.4, 0.5) is 5.82 Å². The summed E-state index contributed by atoms with van der Waals surface area (Å²) in [6.45, 7) is 4.32. The van der Waals surface area contributed by atoms with Crippen LogP contribution in [0.3, 0.4) is 0 Å². The number of allylic oxidation sites excluding steroid dienone is 2. The van der Waals surface area contributed by atoms with Crippen molar-refractivity contribution in [2.45, 2.75) is 45.4 Å². The average Bonchev–Trinajstić information content (AvgIpc) is 3.10. The molecule has 3 heterocycles. The molecule has 1 aromatic carbocycles. The minimum atomic E-state index is 0.0660. The molecule has 1 aliphatic rings. The van der Waals surface area contributed by atoms with Gasteiger partial charge >= 0.3 is 0 Å². The number of fused-ring (bicyclic) bond motifs is 1. The molecular weight excluding hydrogens is 494 g/mol. The van der Waals surface area contributed by atoms with Gasteiger partial charge in [0.25, 0.3) is 11.6 Å². The summed E-state index contributed by atoms with van der Waals surface area (Å²) in [5.74, 6) is 1.91. The standard InChI is InChI=1S/C34H41N5O/c1-22-17-27(34(40)37(4)5)18-23(2)32(22)25-10-8-9-24(11-12-25)19-28-20-30-29(15-16-38(6)33(30)39(28)7)26-13-14-31(35-3)36-21-26/h8-9,13-18,20-21,24-25H,10-12,19H2,1-7H3/p+1. The number of benzene rings is 1. The van der Waals surface area contributed by atoms with Gasteiger partial charge in [-0.1, -0.05) is 12.2 Å². The van der Waals surface area contributed by atoms with Crippen molar-refractivity contribution >= 4 is 22.8 Å². The second-order valence-electron chi connectivity index (χ2n) is 11.6. The van der Waals surface area contributed by atoms with Crippen molar-refractivity contribution < 1.29 is 9.36 Å². The van der Waals surface area contributed by atoms with Gasteiger partial charge in [-0.05, 0) is 98.0 Å². The van der Waals surface area contributed by atoms with Gasteiger partial charge in [-0.2, -0.15) is 0 Å². The van der Waals surface area contributed by atoms with Gasteiger partial charge in [0.05, 0.1) is 25.7 Å². The number of aryl methyl sites for hydroxylation is 4. The summed E-state index contributed by atoms with van der Waals surface area (Å²) < 4.78 is 4.58. The molecule has 1 amide bonds. The lowest BCUT2D eigenvalue weighted by Gasteiger charge is -2.22. The summed E-state index contributed by atoms with van der Waals surface area (Å²) in [6, 6.07) is 12.9. The highest BCUT2D eigenvalue weighted by molar-refractivity contribution is 5.94. The van der Waals surface area contributed by atoms with E-state index in [1.54, 1.807) is 4.90 Å². The van der Waals surface area contributed by atoms with Crippen molar-refractivity contribution in [3.8, 4) is 11.1 Å². The molecular formula is C34H42N5O+. The number of nitrogens with one attached hydrogen (secondary N) is 1. The van der Waals surface area contributed by atoms with Gasteiger partial charge in [-0.15, -0.1) is 0 Å². The number of pyridine rings is 2. The number of rotatable bonds is 6. The number of amides is 1. The van der Waals surface area contributed by atoms with Crippen molar-refractivity contribution in [3.63, 3.8) is 0 Å². The Morgan fingerprint density at radius 2 is 1.88 bits per heavy atom. The summed E-state index contributed by atoms with van der Waals surface area (Å²) in [6.07, 6.45) is 13.3. The minimum absolute atomic E-state index is 0.0660. The zero-order chi connectivity index (χ0) is 28.6. The molecule has 5 rings (SSSR count). The first-order chi connectivity index (χ1) is 19.2. The third-order valence-corrected chi connectivity index (χ3v) is 8.56. The summed E-state index contributed by atoms with van der Waals surface area (Å²) in [4.78, 5) is 18.8. The summed E-state index contributed by atoms with van der Waals surface area (Å²) in [7, 11) is 9.83. The number of hydrogen-bond acceptors (Lipinski definition) is 3. The van der Waals surface area contributed by atoms with Gasteiger partial charge < -0.3 is 10.2 Å². The smallest absolute Gasteiger partial charge is 0.289 e. The maximum atomic E-state index is 12.6. The molecule has 0 spiro atoms. The van der Waals surface area contributed by atoms with E-state index in [4.69, 9.17) is 0 Å². The molecule has 0 bridgehead atoms. The van der Waals surface area contributed by atoms with E-state index in [1.165, 1.54) is 39.0 Å². The van der Waals surface area contributed by atoms with E-state index >= 15 is 0 Å². The van der Waals surface area contributed by atoms with Gasteiger partial charge in [-0.25, -0.2) is 14.1 Å². The molecule has 6 nitrogen and oxygen atoms in total. The third-order valence-electron chi connectivity index (χ3n) is 8.56. The molecule has 0 aliphatic heterocycles. The molecule has 0 saturated heterocycles. The number of carbonyl (C=O) groups is 1. The molecule has 1 N–H and O–H groups in total. The predicted molar refractivity (Wildman–Crippen MR) is 164 cm³/mol. The van der Waals surface area contributed by atoms with Crippen LogP contribution in [0.15, 0.2) is 60.9 Å². The highest BCUT2D eigenvalue weighted by Crippen LogP contribution is 2.37. The lowest BCUT2D eigenvalue weighted by atomic mass is 9.84. The van der Waals surface area contributed by atoms with Crippen LogP contribution in [0.5, 0.6) is 0 Å². The first-order valence-corrected chi connectivity index (χ1v) is 14.3. The zero-order valence-electron chi connectivity index (χ0n) is 25.0. The Bertz CT molecular complexity index is 1560. The second-order valence-corrected chi connectivity index (χ2v) is 11.6. The molecule has 6 heteroatoms. The molecule has 208 valence electrons. The van der Waals surface area contributed by atoms with Gasteiger partial charge in [0, 0.05) is 50.5 Å². The molecule has 1 aliphatic carbocycles.